The SMILES string of the molecule is CCOCC(=O)N[C@@H](Cc1cc(Cl)ccc1Br)C(=O)O. The second-order valence-corrected chi connectivity index (χ2v) is 5.33. The molecular weight excluding hydrogens is 350 g/mol. The van der Waals surface area contributed by atoms with E-state index in [1.54, 1.807) is 25.1 Å². The topological polar surface area (TPSA) is 75.6 Å². The minimum atomic E-state index is -1.11. The van der Waals surface area contributed by atoms with E-state index < -0.39 is 17.9 Å². The van der Waals surface area contributed by atoms with E-state index in [2.05, 4.69) is 21.2 Å². The summed E-state index contributed by atoms with van der Waals surface area (Å²) in [6.07, 6.45) is 0.133. The van der Waals surface area contributed by atoms with Gasteiger partial charge >= 0.3 is 5.97 Å². The van der Waals surface area contributed by atoms with Crippen LogP contribution < -0.4 is 5.32 Å². The van der Waals surface area contributed by atoms with Gasteiger partial charge in [-0.05, 0) is 30.7 Å². The van der Waals surface area contributed by atoms with Crippen molar-refractivity contribution in [2.24, 2.45) is 0 Å². The maximum Gasteiger partial charge on any atom is 0.326 e. The summed E-state index contributed by atoms with van der Waals surface area (Å²) in [6.45, 7) is 1.99. The Balaban J connectivity index is 2.74. The first-order chi connectivity index (χ1) is 9.43. The number of halogens is 2. The van der Waals surface area contributed by atoms with Crippen molar-refractivity contribution in [3.8, 4) is 0 Å². The van der Waals surface area contributed by atoms with E-state index >= 15 is 0 Å². The van der Waals surface area contributed by atoms with Gasteiger partial charge in [0.15, 0.2) is 0 Å². The lowest BCUT2D eigenvalue weighted by Crippen LogP contribution is -2.43. The van der Waals surface area contributed by atoms with Crippen LogP contribution in [0.3, 0.4) is 0 Å². The van der Waals surface area contributed by atoms with Gasteiger partial charge < -0.3 is 15.2 Å². The van der Waals surface area contributed by atoms with E-state index in [4.69, 9.17) is 21.4 Å². The summed E-state index contributed by atoms with van der Waals surface area (Å²) >= 11 is 9.21. The summed E-state index contributed by atoms with van der Waals surface area (Å²) in [4.78, 5) is 22.7. The Morgan fingerprint density at radius 2 is 2.20 bits per heavy atom. The van der Waals surface area contributed by atoms with E-state index in [0.29, 0.717) is 17.2 Å². The van der Waals surface area contributed by atoms with Gasteiger partial charge in [-0.2, -0.15) is 0 Å². The zero-order valence-corrected chi connectivity index (χ0v) is 13.2. The summed E-state index contributed by atoms with van der Waals surface area (Å²) in [5, 5.41) is 12.1. The van der Waals surface area contributed by atoms with Gasteiger partial charge in [-0.3, -0.25) is 4.79 Å². The molecule has 0 aliphatic rings. The van der Waals surface area contributed by atoms with Crippen LogP contribution in [0.1, 0.15) is 12.5 Å². The van der Waals surface area contributed by atoms with Gasteiger partial charge in [0, 0.05) is 22.5 Å². The van der Waals surface area contributed by atoms with Gasteiger partial charge in [-0.1, -0.05) is 27.5 Å². The highest BCUT2D eigenvalue weighted by Gasteiger charge is 2.21. The first-order valence-corrected chi connectivity index (χ1v) is 7.15. The zero-order valence-electron chi connectivity index (χ0n) is 10.9. The molecule has 0 saturated heterocycles. The highest BCUT2D eigenvalue weighted by atomic mass is 79.9. The molecule has 0 bridgehead atoms. The Hall–Kier alpha value is -1.11. The Labute approximate surface area is 130 Å². The lowest BCUT2D eigenvalue weighted by molar-refractivity contribution is -0.142. The highest BCUT2D eigenvalue weighted by Crippen LogP contribution is 2.22. The van der Waals surface area contributed by atoms with Gasteiger partial charge in [-0.15, -0.1) is 0 Å². The molecule has 20 heavy (non-hydrogen) atoms. The molecule has 0 radical (unpaired) electrons. The lowest BCUT2D eigenvalue weighted by Gasteiger charge is -2.15. The molecule has 1 aromatic carbocycles. The predicted molar refractivity (Wildman–Crippen MR) is 78.9 cm³/mol. The Morgan fingerprint density at radius 1 is 1.50 bits per heavy atom. The molecule has 0 aromatic heterocycles. The smallest absolute Gasteiger partial charge is 0.326 e. The molecule has 7 heteroatoms. The number of hydrogen-bond donors (Lipinski definition) is 2. The molecule has 0 aliphatic heterocycles. The largest absolute Gasteiger partial charge is 0.480 e. The van der Waals surface area contributed by atoms with Gasteiger partial charge in [0.1, 0.15) is 12.6 Å². The van der Waals surface area contributed by atoms with Crippen LogP contribution in [-0.2, 0) is 20.7 Å². The summed E-state index contributed by atoms with van der Waals surface area (Å²) in [5.41, 5.74) is 0.710. The average molecular weight is 365 g/mol. The minimum Gasteiger partial charge on any atom is -0.480 e. The number of hydrogen-bond acceptors (Lipinski definition) is 3. The van der Waals surface area contributed by atoms with E-state index in [0.717, 1.165) is 4.47 Å². The summed E-state index contributed by atoms with van der Waals surface area (Å²) in [5.74, 6) is -1.57. The van der Waals surface area contributed by atoms with Crippen LogP contribution in [0.2, 0.25) is 5.02 Å². The van der Waals surface area contributed by atoms with Gasteiger partial charge in [0.2, 0.25) is 5.91 Å². The fourth-order valence-corrected chi connectivity index (χ4v) is 2.15. The maximum absolute atomic E-state index is 11.5. The number of nitrogens with one attached hydrogen (secondary N) is 1. The standard InChI is InChI=1S/C13H15BrClNO4/c1-2-20-7-12(17)16-11(13(18)19)6-8-5-9(15)3-4-10(8)14/h3-5,11H,2,6-7H2,1H3,(H,16,17)(H,18,19)/t11-/m0/s1. The molecule has 1 rings (SSSR count). The second kappa shape index (κ2) is 8.24. The van der Waals surface area contributed by atoms with Crippen LogP contribution in [0.4, 0.5) is 0 Å². The van der Waals surface area contributed by atoms with E-state index in [1.165, 1.54) is 0 Å². The molecule has 0 heterocycles. The molecule has 0 unspecified atom stereocenters. The van der Waals surface area contributed by atoms with Crippen molar-refractivity contribution >= 4 is 39.4 Å². The second-order valence-electron chi connectivity index (χ2n) is 4.04. The van der Waals surface area contributed by atoms with Crippen LogP contribution in [0.5, 0.6) is 0 Å². The molecule has 1 amide bonds. The highest BCUT2D eigenvalue weighted by molar-refractivity contribution is 9.10. The number of carboxylic acid groups (broad SMARTS) is 1. The van der Waals surface area contributed by atoms with Crippen LogP contribution in [-0.4, -0.2) is 36.2 Å². The van der Waals surface area contributed by atoms with E-state index in [-0.39, 0.29) is 13.0 Å². The Bertz CT molecular complexity index is 495. The summed E-state index contributed by atoms with van der Waals surface area (Å²) < 4.78 is 5.68. The van der Waals surface area contributed by atoms with Crippen LogP contribution in [0.15, 0.2) is 22.7 Å². The zero-order chi connectivity index (χ0) is 15.1. The molecule has 1 atom stereocenters. The maximum atomic E-state index is 11.5. The number of benzene rings is 1. The molecule has 1 aromatic rings. The molecule has 0 aliphatic carbocycles. The number of carbonyl (C=O) groups is 2. The first kappa shape index (κ1) is 16.9. The van der Waals surface area contributed by atoms with Crippen molar-refractivity contribution in [1.29, 1.82) is 0 Å². The average Bonchev–Trinajstić information content (AvgIpc) is 2.39. The number of aliphatic carboxylic acids is 1. The van der Waals surface area contributed by atoms with Crippen LogP contribution in [0.25, 0.3) is 0 Å². The number of amides is 1. The van der Waals surface area contributed by atoms with E-state index in [9.17, 15) is 9.59 Å². The van der Waals surface area contributed by atoms with Crippen molar-refractivity contribution in [3.05, 3.63) is 33.3 Å². The quantitative estimate of drug-likeness (QED) is 0.778. The van der Waals surface area contributed by atoms with Gasteiger partial charge in [0.05, 0.1) is 0 Å². The van der Waals surface area contributed by atoms with Crippen molar-refractivity contribution < 1.29 is 19.4 Å². The normalized spacial score (nSPS) is 11.9. The van der Waals surface area contributed by atoms with E-state index in [1.807, 2.05) is 0 Å². The number of rotatable bonds is 7. The van der Waals surface area contributed by atoms with Crippen molar-refractivity contribution in [2.45, 2.75) is 19.4 Å². The van der Waals surface area contributed by atoms with Gasteiger partial charge in [-0.25, -0.2) is 4.79 Å². The number of carbonyl (C=O) groups excluding carboxylic acids is 1. The van der Waals surface area contributed by atoms with Gasteiger partial charge in [0.25, 0.3) is 0 Å². The molecule has 0 saturated carbocycles. The fraction of sp³-hybridized carbons (Fsp3) is 0.385. The summed E-state index contributed by atoms with van der Waals surface area (Å²) in [7, 11) is 0. The third kappa shape index (κ3) is 5.48. The Kier molecular flexibility index (Phi) is 6.98. The predicted octanol–water partition coefficient (Wildman–Crippen LogP) is 2.25. The Morgan fingerprint density at radius 3 is 2.80 bits per heavy atom. The number of ether oxygens (including phenoxy) is 1. The fourth-order valence-electron chi connectivity index (χ4n) is 1.55. The molecule has 0 spiro atoms. The summed E-state index contributed by atoms with van der Waals surface area (Å²) in [6, 6.07) is 4.06. The molecule has 5 nitrogen and oxygen atoms in total. The van der Waals surface area contributed by atoms with Crippen molar-refractivity contribution in [3.63, 3.8) is 0 Å². The van der Waals surface area contributed by atoms with Crippen molar-refractivity contribution in [1.82, 2.24) is 5.32 Å². The van der Waals surface area contributed by atoms with Crippen molar-refractivity contribution in [2.75, 3.05) is 13.2 Å². The monoisotopic (exact) mass is 363 g/mol. The van der Waals surface area contributed by atoms with Crippen LogP contribution in [0, 0.1) is 0 Å². The third-order valence-corrected chi connectivity index (χ3v) is 3.51. The minimum absolute atomic E-state index is 0.133. The number of carboxylic acids is 1. The molecule has 110 valence electrons. The molecule has 0 fully saturated rings. The lowest BCUT2D eigenvalue weighted by atomic mass is 10.1. The first-order valence-electron chi connectivity index (χ1n) is 5.98. The third-order valence-electron chi connectivity index (χ3n) is 2.50. The molecular formula is C13H15BrClNO4. The van der Waals surface area contributed by atoms with Crippen LogP contribution >= 0.6 is 27.5 Å². The molecule has 2 N–H and O–H groups in total.